The SMILES string of the molecule is Cc1cc(C)c(NC(=O)[C@@H](C)OC(=O)Cc2coc3cc(C)c(C)cc23)c(C)c1. The van der Waals surface area contributed by atoms with Gasteiger partial charge in [0, 0.05) is 16.6 Å². The molecule has 0 radical (unpaired) electrons. The van der Waals surface area contributed by atoms with Crippen LogP contribution in [0.15, 0.2) is 34.9 Å². The lowest BCUT2D eigenvalue weighted by molar-refractivity contribution is -0.152. The van der Waals surface area contributed by atoms with Gasteiger partial charge >= 0.3 is 5.97 Å². The quantitative estimate of drug-likeness (QED) is 0.613. The van der Waals surface area contributed by atoms with Crippen LogP contribution in [0.3, 0.4) is 0 Å². The maximum Gasteiger partial charge on any atom is 0.311 e. The minimum Gasteiger partial charge on any atom is -0.464 e. The number of carbonyl (C=O) groups is 2. The summed E-state index contributed by atoms with van der Waals surface area (Å²) in [6, 6.07) is 7.98. The minimum absolute atomic E-state index is 0.0513. The van der Waals surface area contributed by atoms with E-state index in [-0.39, 0.29) is 12.3 Å². The van der Waals surface area contributed by atoms with Crippen LogP contribution >= 0.6 is 0 Å². The molecule has 0 bridgehead atoms. The molecule has 2 aromatic carbocycles. The second kappa shape index (κ2) is 8.11. The third-order valence-electron chi connectivity index (χ3n) is 5.21. The Bertz CT molecular complexity index is 1070. The molecule has 0 saturated heterocycles. The van der Waals surface area contributed by atoms with Crippen LogP contribution in [0.25, 0.3) is 11.0 Å². The van der Waals surface area contributed by atoms with Crippen molar-refractivity contribution in [2.75, 3.05) is 5.32 Å². The van der Waals surface area contributed by atoms with Crippen molar-refractivity contribution < 1.29 is 18.7 Å². The second-order valence-corrected chi connectivity index (χ2v) is 7.77. The zero-order valence-electron chi connectivity index (χ0n) is 17.8. The Morgan fingerprint density at radius 1 is 0.966 bits per heavy atom. The first kappa shape index (κ1) is 20.6. The summed E-state index contributed by atoms with van der Waals surface area (Å²) in [5.41, 5.74) is 7.61. The fraction of sp³-hybridized carbons (Fsp3) is 0.333. The van der Waals surface area contributed by atoms with Gasteiger partial charge < -0.3 is 14.5 Å². The van der Waals surface area contributed by atoms with Crippen LogP contribution in [0.5, 0.6) is 0 Å². The summed E-state index contributed by atoms with van der Waals surface area (Å²) >= 11 is 0. The average molecular weight is 393 g/mol. The predicted molar refractivity (Wildman–Crippen MR) is 114 cm³/mol. The Morgan fingerprint density at radius 3 is 2.24 bits per heavy atom. The monoisotopic (exact) mass is 393 g/mol. The van der Waals surface area contributed by atoms with Gasteiger partial charge in [0.15, 0.2) is 6.10 Å². The number of furan rings is 1. The van der Waals surface area contributed by atoms with Gasteiger partial charge in [-0.25, -0.2) is 0 Å². The summed E-state index contributed by atoms with van der Waals surface area (Å²) in [5.74, 6) is -0.817. The van der Waals surface area contributed by atoms with E-state index >= 15 is 0 Å². The van der Waals surface area contributed by atoms with Crippen molar-refractivity contribution in [3.05, 3.63) is 63.9 Å². The van der Waals surface area contributed by atoms with Crippen molar-refractivity contribution >= 4 is 28.5 Å². The Kier molecular flexibility index (Phi) is 5.78. The number of fused-ring (bicyclic) bond motifs is 1. The highest BCUT2D eigenvalue weighted by Crippen LogP contribution is 2.26. The number of hydrogen-bond acceptors (Lipinski definition) is 4. The number of ether oxygens (including phenoxy) is 1. The fourth-order valence-electron chi connectivity index (χ4n) is 3.52. The molecular formula is C24H27NO4. The molecule has 1 aromatic heterocycles. The van der Waals surface area contributed by atoms with Crippen LogP contribution in [-0.2, 0) is 20.7 Å². The highest BCUT2D eigenvalue weighted by atomic mass is 16.5. The van der Waals surface area contributed by atoms with Gasteiger partial charge in [-0.3, -0.25) is 9.59 Å². The van der Waals surface area contributed by atoms with E-state index in [4.69, 9.17) is 9.15 Å². The predicted octanol–water partition coefficient (Wildman–Crippen LogP) is 5.09. The summed E-state index contributed by atoms with van der Waals surface area (Å²) in [5, 5.41) is 3.77. The molecule has 3 rings (SSSR count). The highest BCUT2D eigenvalue weighted by molar-refractivity contribution is 5.96. The molecular weight excluding hydrogens is 366 g/mol. The number of aryl methyl sites for hydroxylation is 5. The molecule has 1 amide bonds. The number of carbonyl (C=O) groups excluding carboxylic acids is 2. The summed E-state index contributed by atoms with van der Waals surface area (Å²) in [6.07, 6.45) is 0.731. The Balaban J connectivity index is 1.66. The highest BCUT2D eigenvalue weighted by Gasteiger charge is 2.21. The fourth-order valence-corrected chi connectivity index (χ4v) is 3.52. The van der Waals surface area contributed by atoms with Crippen LogP contribution in [0, 0.1) is 34.6 Å². The first-order valence-corrected chi connectivity index (χ1v) is 9.71. The zero-order valence-corrected chi connectivity index (χ0v) is 17.8. The van der Waals surface area contributed by atoms with E-state index in [2.05, 4.69) is 5.32 Å². The molecule has 0 aliphatic heterocycles. The van der Waals surface area contributed by atoms with Crippen molar-refractivity contribution in [1.29, 1.82) is 0 Å². The van der Waals surface area contributed by atoms with Gasteiger partial charge in [-0.1, -0.05) is 17.7 Å². The molecule has 0 spiro atoms. The average Bonchev–Trinajstić information content (AvgIpc) is 2.99. The maximum absolute atomic E-state index is 12.5. The van der Waals surface area contributed by atoms with Crippen LogP contribution < -0.4 is 5.32 Å². The van der Waals surface area contributed by atoms with E-state index in [0.29, 0.717) is 0 Å². The third kappa shape index (κ3) is 4.50. The summed E-state index contributed by atoms with van der Waals surface area (Å²) in [4.78, 5) is 24.9. The summed E-state index contributed by atoms with van der Waals surface area (Å²) in [6.45, 7) is 11.5. The number of nitrogens with one attached hydrogen (secondary N) is 1. The van der Waals surface area contributed by atoms with Gasteiger partial charge in [0.25, 0.3) is 5.91 Å². The van der Waals surface area contributed by atoms with E-state index in [1.165, 1.54) is 0 Å². The van der Waals surface area contributed by atoms with Crippen LogP contribution in [0.2, 0.25) is 0 Å². The molecule has 152 valence electrons. The molecule has 0 saturated carbocycles. The third-order valence-corrected chi connectivity index (χ3v) is 5.21. The number of esters is 1. The van der Waals surface area contributed by atoms with Crippen LogP contribution in [-0.4, -0.2) is 18.0 Å². The van der Waals surface area contributed by atoms with Gasteiger partial charge in [0.05, 0.1) is 12.7 Å². The first-order valence-electron chi connectivity index (χ1n) is 9.71. The lowest BCUT2D eigenvalue weighted by Gasteiger charge is -2.17. The van der Waals surface area contributed by atoms with Gasteiger partial charge in [-0.15, -0.1) is 0 Å². The molecule has 0 fully saturated rings. The molecule has 3 aromatic rings. The number of anilines is 1. The minimum atomic E-state index is -0.898. The van der Waals surface area contributed by atoms with E-state index < -0.39 is 12.1 Å². The molecule has 0 unspecified atom stereocenters. The van der Waals surface area contributed by atoms with Gasteiger partial charge in [0.1, 0.15) is 5.58 Å². The molecule has 1 N–H and O–H groups in total. The van der Waals surface area contributed by atoms with Gasteiger partial charge in [-0.05, 0) is 75.9 Å². The summed E-state index contributed by atoms with van der Waals surface area (Å²) < 4.78 is 10.9. The first-order chi connectivity index (χ1) is 13.7. The standard InChI is InChI=1S/C24H27NO4/c1-13-7-16(4)23(17(5)8-13)25-24(27)18(6)29-22(26)11-19-12-28-21-10-15(3)14(2)9-20(19)21/h7-10,12,18H,11H2,1-6H3,(H,25,27)/t18-/m1/s1. The maximum atomic E-state index is 12.5. The Labute approximate surface area is 171 Å². The van der Waals surface area contributed by atoms with Crippen molar-refractivity contribution in [1.82, 2.24) is 0 Å². The summed E-state index contributed by atoms with van der Waals surface area (Å²) in [7, 11) is 0. The second-order valence-electron chi connectivity index (χ2n) is 7.77. The number of hydrogen-bond donors (Lipinski definition) is 1. The van der Waals surface area contributed by atoms with E-state index in [1.54, 1.807) is 13.2 Å². The lowest BCUT2D eigenvalue weighted by atomic mass is 10.0. The van der Waals surface area contributed by atoms with E-state index in [9.17, 15) is 9.59 Å². The number of rotatable bonds is 5. The lowest BCUT2D eigenvalue weighted by Crippen LogP contribution is -2.31. The molecule has 0 aliphatic rings. The van der Waals surface area contributed by atoms with Crippen LogP contribution in [0.1, 0.15) is 40.3 Å². The van der Waals surface area contributed by atoms with Crippen molar-refractivity contribution in [2.45, 2.75) is 54.1 Å². The Hall–Kier alpha value is -3.08. The molecule has 1 atom stereocenters. The van der Waals surface area contributed by atoms with Crippen molar-refractivity contribution in [2.24, 2.45) is 0 Å². The van der Waals surface area contributed by atoms with E-state index in [0.717, 1.165) is 50.0 Å². The van der Waals surface area contributed by atoms with Crippen molar-refractivity contribution in [3.63, 3.8) is 0 Å². The molecule has 1 heterocycles. The smallest absolute Gasteiger partial charge is 0.311 e. The largest absolute Gasteiger partial charge is 0.464 e. The van der Waals surface area contributed by atoms with E-state index in [1.807, 2.05) is 58.9 Å². The number of amides is 1. The van der Waals surface area contributed by atoms with Gasteiger partial charge in [-0.2, -0.15) is 0 Å². The topological polar surface area (TPSA) is 68.5 Å². The molecule has 5 heteroatoms. The molecule has 5 nitrogen and oxygen atoms in total. The number of benzene rings is 2. The van der Waals surface area contributed by atoms with Crippen LogP contribution in [0.4, 0.5) is 5.69 Å². The molecule has 29 heavy (non-hydrogen) atoms. The Morgan fingerprint density at radius 2 is 1.59 bits per heavy atom. The van der Waals surface area contributed by atoms with Gasteiger partial charge in [0.2, 0.25) is 0 Å². The zero-order chi connectivity index (χ0) is 21.3. The molecule has 0 aliphatic carbocycles. The normalized spacial score (nSPS) is 12.1. The van der Waals surface area contributed by atoms with Crippen molar-refractivity contribution in [3.8, 4) is 0 Å².